The van der Waals surface area contributed by atoms with E-state index in [1.54, 1.807) is 0 Å². The lowest BCUT2D eigenvalue weighted by Gasteiger charge is -2.21. The van der Waals surface area contributed by atoms with Gasteiger partial charge in [0.15, 0.2) is 6.10 Å². The van der Waals surface area contributed by atoms with Crippen molar-refractivity contribution in [3.63, 3.8) is 0 Å². The van der Waals surface area contributed by atoms with Crippen molar-refractivity contribution in [2.75, 3.05) is 12.3 Å². The van der Waals surface area contributed by atoms with Crippen LogP contribution in [0.2, 0.25) is 0 Å². The highest BCUT2D eigenvalue weighted by Gasteiger charge is 2.59. The molecular weight excluding hydrogens is 294 g/mol. The number of primary amides is 1. The van der Waals surface area contributed by atoms with Crippen LogP contribution >= 0.6 is 0 Å². The van der Waals surface area contributed by atoms with Crippen LogP contribution in [0.5, 0.6) is 0 Å². The molecule has 1 amide bonds. The number of aromatic nitrogens is 2. The van der Waals surface area contributed by atoms with Crippen LogP contribution in [0.4, 0.5) is 14.6 Å². The molecule has 0 spiro atoms. The second-order valence-electron chi connectivity index (χ2n) is 4.42. The van der Waals surface area contributed by atoms with Crippen LogP contribution in [0.25, 0.3) is 0 Å². The lowest BCUT2D eigenvalue weighted by Crippen LogP contribution is -2.42. The standard InChI is InChI=1S/C10H12F2N4O5/c11-10(12)5(18)4(2-17)21-8(10)16-1-3(7(14)19)6(13)15-9(16)20/h1,4-5,8,17-18H,2H2,(H2,14,19)(H2,13,15,20). The number of ether oxygens (including phenoxy) is 1. The molecule has 11 heteroatoms. The fourth-order valence-corrected chi connectivity index (χ4v) is 1.96. The van der Waals surface area contributed by atoms with Crippen LogP contribution in [-0.2, 0) is 4.74 Å². The van der Waals surface area contributed by atoms with Crippen LogP contribution in [0.1, 0.15) is 16.6 Å². The summed E-state index contributed by atoms with van der Waals surface area (Å²) in [6.45, 7) is -0.882. The number of nitrogen functional groups attached to an aromatic ring is 1. The van der Waals surface area contributed by atoms with Gasteiger partial charge >= 0.3 is 11.6 Å². The molecule has 116 valence electrons. The van der Waals surface area contributed by atoms with E-state index in [-0.39, 0.29) is 0 Å². The van der Waals surface area contributed by atoms with Gasteiger partial charge in [0.2, 0.25) is 6.23 Å². The summed E-state index contributed by atoms with van der Waals surface area (Å²) < 4.78 is 32.9. The van der Waals surface area contributed by atoms with Gasteiger partial charge in [0.05, 0.1) is 12.2 Å². The molecule has 2 rings (SSSR count). The van der Waals surface area contributed by atoms with Gasteiger partial charge in [-0.05, 0) is 0 Å². The Morgan fingerprint density at radius 3 is 2.67 bits per heavy atom. The minimum absolute atomic E-state index is 0.301. The first-order valence-electron chi connectivity index (χ1n) is 5.70. The van der Waals surface area contributed by atoms with Crippen LogP contribution in [0, 0.1) is 0 Å². The molecule has 1 aliphatic heterocycles. The largest absolute Gasteiger partial charge is 0.394 e. The molecule has 0 aliphatic carbocycles. The number of carbonyl (C=O) groups is 1. The second-order valence-corrected chi connectivity index (χ2v) is 4.42. The molecular formula is C10H12F2N4O5. The molecule has 2 heterocycles. The zero-order valence-electron chi connectivity index (χ0n) is 10.4. The monoisotopic (exact) mass is 306 g/mol. The minimum atomic E-state index is -3.88. The van der Waals surface area contributed by atoms with E-state index in [1.165, 1.54) is 0 Å². The Bertz CT molecular complexity index is 634. The zero-order valence-corrected chi connectivity index (χ0v) is 10.4. The van der Waals surface area contributed by atoms with Crippen LogP contribution < -0.4 is 17.2 Å². The molecule has 6 N–H and O–H groups in total. The highest BCUT2D eigenvalue weighted by atomic mass is 19.3. The number of hydrogen-bond acceptors (Lipinski definition) is 7. The molecule has 1 aliphatic rings. The van der Waals surface area contributed by atoms with Gasteiger partial charge in [-0.1, -0.05) is 0 Å². The van der Waals surface area contributed by atoms with Crippen molar-refractivity contribution in [2.45, 2.75) is 24.4 Å². The maximum atomic E-state index is 13.9. The topological polar surface area (TPSA) is 154 Å². The van der Waals surface area contributed by atoms with Crippen molar-refractivity contribution in [3.05, 3.63) is 22.2 Å². The third-order valence-corrected chi connectivity index (χ3v) is 3.06. The van der Waals surface area contributed by atoms with Gasteiger partial charge in [-0.15, -0.1) is 0 Å². The second kappa shape index (κ2) is 5.02. The Morgan fingerprint density at radius 2 is 2.19 bits per heavy atom. The van der Waals surface area contributed by atoms with Gasteiger partial charge in [-0.25, -0.2) is 4.79 Å². The first kappa shape index (κ1) is 15.3. The quantitative estimate of drug-likeness (QED) is 0.494. The first-order chi connectivity index (χ1) is 9.70. The third kappa shape index (κ3) is 2.34. The summed E-state index contributed by atoms with van der Waals surface area (Å²) in [6.07, 6.45) is -5.48. The number of halogens is 2. The molecule has 3 unspecified atom stereocenters. The maximum Gasteiger partial charge on any atom is 0.351 e. The summed E-state index contributed by atoms with van der Waals surface area (Å²) in [7, 11) is 0. The zero-order chi connectivity index (χ0) is 15.9. The van der Waals surface area contributed by atoms with Gasteiger partial charge < -0.3 is 26.4 Å². The lowest BCUT2D eigenvalue weighted by molar-refractivity contribution is -0.141. The summed E-state index contributed by atoms with van der Waals surface area (Å²) in [6, 6.07) is 0. The smallest absolute Gasteiger partial charge is 0.351 e. The number of rotatable bonds is 3. The van der Waals surface area contributed by atoms with E-state index >= 15 is 0 Å². The number of anilines is 1. The van der Waals surface area contributed by atoms with Gasteiger partial charge in [0, 0.05) is 6.20 Å². The van der Waals surface area contributed by atoms with E-state index in [0.29, 0.717) is 10.8 Å². The predicted octanol–water partition coefficient (Wildman–Crippen LogP) is -2.19. The van der Waals surface area contributed by atoms with Crippen LogP contribution in [0.15, 0.2) is 11.0 Å². The van der Waals surface area contributed by atoms with E-state index < -0.39 is 53.9 Å². The lowest BCUT2D eigenvalue weighted by atomic mass is 10.1. The highest BCUT2D eigenvalue weighted by Crippen LogP contribution is 2.42. The highest BCUT2D eigenvalue weighted by molar-refractivity contribution is 5.96. The van der Waals surface area contributed by atoms with Crippen molar-refractivity contribution < 1.29 is 28.5 Å². The molecule has 1 fully saturated rings. The van der Waals surface area contributed by atoms with Gasteiger partial charge in [0.25, 0.3) is 5.91 Å². The molecule has 0 radical (unpaired) electrons. The number of nitrogens with two attached hydrogens (primary N) is 2. The van der Waals surface area contributed by atoms with E-state index in [9.17, 15) is 23.5 Å². The summed E-state index contributed by atoms with van der Waals surface area (Å²) >= 11 is 0. The normalized spacial score (nSPS) is 27.7. The fraction of sp³-hybridized carbons (Fsp3) is 0.500. The van der Waals surface area contributed by atoms with Crippen molar-refractivity contribution >= 4 is 11.7 Å². The number of hydrogen-bond donors (Lipinski definition) is 4. The Balaban J connectivity index is 2.54. The molecule has 9 nitrogen and oxygen atoms in total. The number of aliphatic hydroxyl groups excluding tert-OH is 2. The number of alkyl halides is 2. The molecule has 3 atom stereocenters. The summed E-state index contributed by atoms with van der Waals surface area (Å²) in [4.78, 5) is 26.0. The Labute approximate surface area is 115 Å². The number of nitrogens with zero attached hydrogens (tertiary/aromatic N) is 2. The van der Waals surface area contributed by atoms with Crippen LogP contribution in [0.3, 0.4) is 0 Å². The summed E-state index contributed by atoms with van der Waals surface area (Å²) in [5.74, 6) is -5.47. The molecule has 1 aromatic rings. The van der Waals surface area contributed by atoms with E-state index in [0.717, 1.165) is 0 Å². The molecule has 0 bridgehead atoms. The van der Waals surface area contributed by atoms with E-state index in [2.05, 4.69) is 4.98 Å². The summed E-state index contributed by atoms with van der Waals surface area (Å²) in [5.41, 5.74) is 8.62. The fourth-order valence-electron chi connectivity index (χ4n) is 1.96. The number of amides is 1. The van der Waals surface area contributed by atoms with E-state index in [1.807, 2.05) is 0 Å². The molecule has 0 aromatic carbocycles. The van der Waals surface area contributed by atoms with Crippen molar-refractivity contribution in [3.8, 4) is 0 Å². The summed E-state index contributed by atoms with van der Waals surface area (Å²) in [5, 5.41) is 18.3. The molecule has 0 saturated carbocycles. The number of aliphatic hydroxyl groups is 2. The third-order valence-electron chi connectivity index (χ3n) is 3.06. The number of carbonyl (C=O) groups excluding carboxylic acids is 1. The van der Waals surface area contributed by atoms with Crippen LogP contribution in [-0.4, -0.2) is 50.4 Å². The van der Waals surface area contributed by atoms with Gasteiger partial charge in [-0.3, -0.25) is 9.36 Å². The SMILES string of the molecule is NC(=O)c1cn(C2OC(CO)C(O)C2(F)F)c(=O)nc1N. The molecule has 1 aromatic heterocycles. The van der Waals surface area contributed by atoms with Crippen molar-refractivity contribution in [2.24, 2.45) is 5.73 Å². The minimum Gasteiger partial charge on any atom is -0.394 e. The first-order valence-corrected chi connectivity index (χ1v) is 5.70. The Morgan fingerprint density at radius 1 is 1.57 bits per heavy atom. The van der Waals surface area contributed by atoms with Crippen molar-refractivity contribution in [1.29, 1.82) is 0 Å². The average Bonchev–Trinajstić information content (AvgIpc) is 2.61. The predicted molar refractivity (Wildman–Crippen MR) is 63.4 cm³/mol. The Kier molecular flexibility index (Phi) is 3.65. The Hall–Kier alpha value is -2.11. The van der Waals surface area contributed by atoms with Crippen molar-refractivity contribution in [1.82, 2.24) is 9.55 Å². The van der Waals surface area contributed by atoms with E-state index in [4.69, 9.17) is 21.3 Å². The van der Waals surface area contributed by atoms with Gasteiger partial charge in [0.1, 0.15) is 11.9 Å². The van der Waals surface area contributed by atoms with Gasteiger partial charge in [-0.2, -0.15) is 13.8 Å². The maximum absolute atomic E-state index is 13.9. The molecule has 1 saturated heterocycles. The average molecular weight is 306 g/mol. The molecule has 21 heavy (non-hydrogen) atoms.